The van der Waals surface area contributed by atoms with Crippen LogP contribution in [-0.4, -0.2) is 27.9 Å². The predicted octanol–water partition coefficient (Wildman–Crippen LogP) is 3.92. The summed E-state index contributed by atoms with van der Waals surface area (Å²) in [7, 11) is -4.33. The lowest BCUT2D eigenvalue weighted by atomic mass is 10.2. The Morgan fingerprint density at radius 3 is 2.60 bits per heavy atom. The van der Waals surface area contributed by atoms with Gasteiger partial charge in [-0.3, -0.25) is 5.43 Å². The molecule has 8 nitrogen and oxygen atoms in total. The highest BCUT2D eigenvalue weighted by atomic mass is 35.5. The van der Waals surface area contributed by atoms with Gasteiger partial charge in [0, 0.05) is 6.04 Å². The van der Waals surface area contributed by atoms with Gasteiger partial charge in [-0.2, -0.15) is 23.1 Å². The number of aromatic nitrogens is 4. The van der Waals surface area contributed by atoms with Gasteiger partial charge in [-0.25, -0.2) is 13.4 Å². The highest BCUT2D eigenvalue weighted by Crippen LogP contribution is 2.33. The molecule has 0 amide bonds. The van der Waals surface area contributed by atoms with Gasteiger partial charge in [-0.05, 0) is 42.6 Å². The molecule has 0 radical (unpaired) electrons. The molecule has 160 valence electrons. The van der Waals surface area contributed by atoms with E-state index < -0.39 is 26.7 Å². The molecule has 0 atom stereocenters. The Balaban J connectivity index is 1.62. The van der Waals surface area contributed by atoms with Crippen LogP contribution in [0.4, 0.5) is 19.0 Å². The fourth-order valence-electron chi connectivity index (χ4n) is 3.44. The van der Waals surface area contributed by atoms with Crippen LogP contribution in [0.5, 0.6) is 0 Å². The third-order valence-electron chi connectivity index (χ3n) is 4.89. The van der Waals surface area contributed by atoms with Crippen molar-refractivity contribution in [3.63, 3.8) is 0 Å². The van der Waals surface area contributed by atoms with Gasteiger partial charge in [0.1, 0.15) is 0 Å². The van der Waals surface area contributed by atoms with Crippen LogP contribution in [0.25, 0.3) is 11.2 Å². The van der Waals surface area contributed by atoms with E-state index in [1.54, 1.807) is 6.33 Å². The van der Waals surface area contributed by atoms with Crippen molar-refractivity contribution in [3.8, 4) is 0 Å². The Morgan fingerprint density at radius 1 is 1.17 bits per heavy atom. The van der Waals surface area contributed by atoms with Crippen molar-refractivity contribution >= 4 is 38.6 Å². The van der Waals surface area contributed by atoms with Crippen molar-refractivity contribution in [3.05, 3.63) is 41.4 Å². The minimum Gasteiger partial charge on any atom is -0.312 e. The zero-order valence-corrected chi connectivity index (χ0v) is 16.9. The SMILES string of the molecule is O=S(=O)(NNc1nc(Cl)nc2c1ncn2C1CCCC1)c1cccc(C(F)(F)F)c1. The topological polar surface area (TPSA) is 102 Å². The molecule has 2 aromatic heterocycles. The van der Waals surface area contributed by atoms with E-state index in [2.05, 4.69) is 20.4 Å². The molecular formula is C17H16ClF3N6O2S. The zero-order chi connectivity index (χ0) is 21.5. The quantitative estimate of drug-likeness (QED) is 0.442. The van der Waals surface area contributed by atoms with Crippen LogP contribution in [0.1, 0.15) is 37.3 Å². The van der Waals surface area contributed by atoms with Gasteiger partial charge in [-0.15, -0.1) is 4.83 Å². The number of hydrogen-bond acceptors (Lipinski definition) is 6. The maximum Gasteiger partial charge on any atom is 0.416 e. The number of hydrazine groups is 1. The number of benzene rings is 1. The van der Waals surface area contributed by atoms with E-state index in [0.717, 1.165) is 43.9 Å². The van der Waals surface area contributed by atoms with Crippen molar-refractivity contribution < 1.29 is 21.6 Å². The van der Waals surface area contributed by atoms with Crippen LogP contribution in [0.15, 0.2) is 35.5 Å². The summed E-state index contributed by atoms with van der Waals surface area (Å²) < 4.78 is 65.5. The van der Waals surface area contributed by atoms with Gasteiger partial charge < -0.3 is 4.57 Å². The van der Waals surface area contributed by atoms with Crippen molar-refractivity contribution in [2.24, 2.45) is 0 Å². The number of fused-ring (bicyclic) bond motifs is 1. The predicted molar refractivity (Wildman–Crippen MR) is 103 cm³/mol. The minimum atomic E-state index is -4.67. The number of rotatable bonds is 5. The maximum atomic E-state index is 12.9. The molecule has 1 aliphatic rings. The summed E-state index contributed by atoms with van der Waals surface area (Å²) in [6.07, 6.45) is 1.04. The second-order valence-corrected chi connectivity index (χ2v) is 8.88. The number of alkyl halides is 3. The molecule has 4 rings (SSSR count). The standard InChI is InChI=1S/C17H16ClF3N6O2S/c18-16-23-14(13-15(24-16)27(9-22-13)11-5-1-2-6-11)25-26-30(28,29)12-7-3-4-10(8-12)17(19,20)21/h3-4,7-9,11,26H,1-2,5-6H2,(H,23,24,25). The summed E-state index contributed by atoms with van der Waals surface area (Å²) >= 11 is 5.99. The second-order valence-electron chi connectivity index (χ2n) is 6.86. The minimum absolute atomic E-state index is 0.00250. The molecule has 0 spiro atoms. The molecule has 1 aliphatic carbocycles. The van der Waals surface area contributed by atoms with Crippen LogP contribution in [0, 0.1) is 0 Å². The number of sulfonamides is 1. The number of hydrogen-bond donors (Lipinski definition) is 2. The van der Waals surface area contributed by atoms with Gasteiger partial charge in [0.25, 0.3) is 10.0 Å². The molecule has 0 aliphatic heterocycles. The summed E-state index contributed by atoms with van der Waals surface area (Å²) in [4.78, 5) is 13.9. The van der Waals surface area contributed by atoms with Crippen molar-refractivity contribution in [1.29, 1.82) is 0 Å². The van der Waals surface area contributed by atoms with Gasteiger partial charge in [-0.1, -0.05) is 18.9 Å². The summed E-state index contributed by atoms with van der Waals surface area (Å²) in [5.41, 5.74) is 2.06. The molecular weight excluding hydrogens is 445 g/mol. The van der Waals surface area contributed by atoms with Crippen molar-refractivity contribution in [2.45, 2.75) is 42.8 Å². The van der Waals surface area contributed by atoms with Gasteiger partial charge in [0.15, 0.2) is 17.0 Å². The average Bonchev–Trinajstić information content (AvgIpc) is 3.35. The zero-order valence-electron chi connectivity index (χ0n) is 15.3. The average molecular weight is 461 g/mol. The molecule has 2 N–H and O–H groups in total. The number of nitrogens with zero attached hydrogens (tertiary/aromatic N) is 4. The van der Waals surface area contributed by atoms with Gasteiger partial charge >= 0.3 is 6.18 Å². The van der Waals surface area contributed by atoms with E-state index in [-0.39, 0.29) is 22.7 Å². The third kappa shape index (κ3) is 4.07. The molecule has 1 fully saturated rings. The second kappa shape index (κ2) is 7.67. The largest absolute Gasteiger partial charge is 0.416 e. The van der Waals surface area contributed by atoms with E-state index in [4.69, 9.17) is 11.6 Å². The monoisotopic (exact) mass is 460 g/mol. The molecule has 30 heavy (non-hydrogen) atoms. The number of halogens is 4. The lowest BCUT2D eigenvalue weighted by Crippen LogP contribution is -2.30. The number of anilines is 1. The Labute approximate surface area is 174 Å². The first-order chi connectivity index (χ1) is 14.1. The first-order valence-electron chi connectivity index (χ1n) is 9.00. The van der Waals surface area contributed by atoms with E-state index in [0.29, 0.717) is 11.7 Å². The normalized spacial score (nSPS) is 15.7. The van der Waals surface area contributed by atoms with E-state index in [1.165, 1.54) is 0 Å². The van der Waals surface area contributed by atoms with Crippen LogP contribution in [-0.2, 0) is 16.2 Å². The smallest absolute Gasteiger partial charge is 0.312 e. The van der Waals surface area contributed by atoms with Crippen LogP contribution in [0.2, 0.25) is 5.28 Å². The summed E-state index contributed by atoms with van der Waals surface area (Å²) in [6, 6.07) is 3.62. The molecule has 0 unspecified atom stereocenters. The molecule has 2 heterocycles. The van der Waals surface area contributed by atoms with E-state index >= 15 is 0 Å². The fourth-order valence-corrected chi connectivity index (χ4v) is 4.49. The first kappa shape index (κ1) is 20.8. The Hall–Kier alpha value is -2.44. The van der Waals surface area contributed by atoms with Crippen LogP contribution >= 0.6 is 11.6 Å². The summed E-state index contributed by atoms with van der Waals surface area (Å²) in [5.74, 6) is -0.00250. The molecule has 0 bridgehead atoms. The highest BCUT2D eigenvalue weighted by molar-refractivity contribution is 7.89. The summed E-state index contributed by atoms with van der Waals surface area (Å²) in [6.45, 7) is 0. The van der Waals surface area contributed by atoms with Crippen molar-refractivity contribution in [2.75, 3.05) is 5.43 Å². The Kier molecular flexibility index (Phi) is 5.32. The molecule has 1 saturated carbocycles. The maximum absolute atomic E-state index is 12.9. The first-order valence-corrected chi connectivity index (χ1v) is 10.9. The van der Waals surface area contributed by atoms with E-state index in [1.807, 2.05) is 9.40 Å². The molecule has 13 heteroatoms. The Morgan fingerprint density at radius 2 is 1.90 bits per heavy atom. The van der Waals surface area contributed by atoms with Crippen LogP contribution in [0.3, 0.4) is 0 Å². The highest BCUT2D eigenvalue weighted by Gasteiger charge is 2.31. The Bertz CT molecular complexity index is 1190. The van der Waals surface area contributed by atoms with E-state index in [9.17, 15) is 21.6 Å². The number of imidazole rings is 1. The van der Waals surface area contributed by atoms with Gasteiger partial charge in [0.2, 0.25) is 5.28 Å². The summed E-state index contributed by atoms with van der Waals surface area (Å²) in [5, 5.41) is -0.122. The molecule has 1 aromatic carbocycles. The third-order valence-corrected chi connectivity index (χ3v) is 6.30. The van der Waals surface area contributed by atoms with Crippen molar-refractivity contribution in [1.82, 2.24) is 24.4 Å². The molecule has 3 aromatic rings. The lowest BCUT2D eigenvalue weighted by Gasteiger charge is -2.13. The number of nitrogens with one attached hydrogen (secondary N) is 2. The van der Waals surface area contributed by atoms with Gasteiger partial charge in [0.05, 0.1) is 16.8 Å². The van der Waals surface area contributed by atoms with Crippen LogP contribution < -0.4 is 10.3 Å². The fraction of sp³-hybridized carbons (Fsp3) is 0.353. The molecule has 0 saturated heterocycles. The lowest BCUT2D eigenvalue weighted by molar-refractivity contribution is -0.137.